The van der Waals surface area contributed by atoms with Gasteiger partial charge in [-0.3, -0.25) is 9.78 Å². The molecule has 0 spiro atoms. The smallest absolute Gasteiger partial charge is 0.258 e. The van der Waals surface area contributed by atoms with E-state index in [9.17, 15) is 4.79 Å². The lowest BCUT2D eigenvalue weighted by molar-refractivity contribution is 0.204. The highest BCUT2D eigenvalue weighted by Gasteiger charge is 2.15. The minimum absolute atomic E-state index is 0.134. The quantitative estimate of drug-likeness (QED) is 0.418. The number of aromatic amines is 1. The number of rotatable bonds is 9. The molecule has 1 aromatic carbocycles. The molecule has 3 aromatic rings. The second-order valence-corrected chi connectivity index (χ2v) is 8.86. The monoisotopic (exact) mass is 467 g/mol. The maximum atomic E-state index is 12.7. The predicted octanol–water partition coefficient (Wildman–Crippen LogP) is 3.31. The summed E-state index contributed by atoms with van der Waals surface area (Å²) in [6, 6.07) is 12.0. The van der Waals surface area contributed by atoms with Crippen LogP contribution in [0.1, 0.15) is 23.5 Å². The number of benzene rings is 1. The first-order valence-electron chi connectivity index (χ1n) is 12.0. The van der Waals surface area contributed by atoms with Crippen molar-refractivity contribution in [1.29, 1.82) is 0 Å². The Bertz CT molecular complexity index is 1360. The van der Waals surface area contributed by atoms with Crippen LogP contribution in [0.4, 0.5) is 0 Å². The van der Waals surface area contributed by atoms with Gasteiger partial charge in [-0.05, 0) is 67.7 Å². The lowest BCUT2D eigenvalue weighted by atomic mass is 10.0. The van der Waals surface area contributed by atoms with Crippen LogP contribution in [-0.2, 0) is 24.3 Å². The number of hydrogen-bond donors (Lipinski definition) is 3. The SMILES string of the molecule is O=c1[nH]c(COC2=C=CC=C(Cc3ccccc3)C=C2)nc2c(CNC[C@H]3CCNC3)nccc12. The van der Waals surface area contributed by atoms with E-state index in [1.165, 1.54) is 12.0 Å². The number of aromatic nitrogens is 3. The Hall–Kier alpha value is -3.77. The molecular formula is C28H29N5O2. The van der Waals surface area contributed by atoms with Gasteiger partial charge in [0.05, 0.1) is 11.1 Å². The van der Waals surface area contributed by atoms with E-state index in [1.54, 1.807) is 12.3 Å². The molecule has 0 radical (unpaired) electrons. The van der Waals surface area contributed by atoms with E-state index < -0.39 is 0 Å². The fourth-order valence-corrected chi connectivity index (χ4v) is 4.35. The van der Waals surface area contributed by atoms with E-state index in [-0.39, 0.29) is 12.2 Å². The molecule has 7 heteroatoms. The summed E-state index contributed by atoms with van der Waals surface area (Å²) in [5.74, 6) is 1.67. The first-order valence-corrected chi connectivity index (χ1v) is 12.0. The molecule has 0 bridgehead atoms. The van der Waals surface area contributed by atoms with Crippen molar-refractivity contribution in [2.75, 3.05) is 19.6 Å². The Balaban J connectivity index is 1.24. The van der Waals surface area contributed by atoms with Crippen molar-refractivity contribution in [2.24, 2.45) is 5.92 Å². The van der Waals surface area contributed by atoms with Gasteiger partial charge in [0.1, 0.15) is 17.9 Å². The first kappa shape index (κ1) is 23.0. The number of pyridine rings is 1. The van der Waals surface area contributed by atoms with E-state index in [2.05, 4.69) is 43.4 Å². The maximum Gasteiger partial charge on any atom is 0.258 e. The molecule has 0 unspecified atom stereocenters. The zero-order valence-electron chi connectivity index (χ0n) is 19.6. The van der Waals surface area contributed by atoms with Crippen LogP contribution >= 0.6 is 0 Å². The number of nitrogens with zero attached hydrogens (tertiary/aromatic N) is 2. The normalized spacial score (nSPS) is 17.3. The van der Waals surface area contributed by atoms with E-state index in [0.717, 1.165) is 37.3 Å². The maximum absolute atomic E-state index is 12.7. The van der Waals surface area contributed by atoms with Crippen LogP contribution < -0.4 is 16.2 Å². The molecule has 5 rings (SSSR count). The fourth-order valence-electron chi connectivity index (χ4n) is 4.35. The number of H-pyrrole nitrogens is 1. The third-order valence-corrected chi connectivity index (χ3v) is 6.22. The van der Waals surface area contributed by atoms with E-state index in [4.69, 9.17) is 4.74 Å². The van der Waals surface area contributed by atoms with Crippen LogP contribution in [-0.4, -0.2) is 34.6 Å². The number of fused-ring (bicyclic) bond motifs is 1. The minimum Gasteiger partial charge on any atom is -0.478 e. The van der Waals surface area contributed by atoms with Crippen LogP contribution in [0.15, 0.2) is 88.8 Å². The molecule has 1 fully saturated rings. The first-order chi connectivity index (χ1) is 17.2. The Morgan fingerprint density at radius 2 is 2.09 bits per heavy atom. The highest BCUT2D eigenvalue weighted by Crippen LogP contribution is 2.15. The Labute approximate surface area is 204 Å². The standard InChI is InChI=1S/C28H29N5O2/c34-28-24-12-14-31-25(18-30-17-22-11-13-29-16-22)27(24)32-26(33-28)19-35-23-8-4-7-21(9-10-23)15-20-5-2-1-3-6-20/h1-7,9-10,12,14,22,29-30H,11,13,15-19H2,(H,32,33,34)/t22-/m0/s1. The largest absolute Gasteiger partial charge is 0.478 e. The summed E-state index contributed by atoms with van der Waals surface area (Å²) in [5, 5.41) is 7.38. The molecule has 7 nitrogen and oxygen atoms in total. The zero-order chi connectivity index (χ0) is 23.9. The molecule has 35 heavy (non-hydrogen) atoms. The van der Waals surface area contributed by atoms with E-state index in [0.29, 0.717) is 34.9 Å². The van der Waals surface area contributed by atoms with Gasteiger partial charge in [-0.15, -0.1) is 0 Å². The second-order valence-electron chi connectivity index (χ2n) is 8.86. The highest BCUT2D eigenvalue weighted by molar-refractivity contribution is 5.79. The van der Waals surface area contributed by atoms with Gasteiger partial charge >= 0.3 is 0 Å². The van der Waals surface area contributed by atoms with Gasteiger partial charge in [0.25, 0.3) is 5.56 Å². The molecule has 1 atom stereocenters. The van der Waals surface area contributed by atoms with Crippen molar-refractivity contribution in [3.63, 3.8) is 0 Å². The molecule has 2 aliphatic rings. The number of ether oxygens (including phenoxy) is 1. The number of nitrogens with one attached hydrogen (secondary N) is 3. The van der Waals surface area contributed by atoms with Crippen molar-refractivity contribution in [1.82, 2.24) is 25.6 Å². The van der Waals surface area contributed by atoms with Gasteiger partial charge in [0, 0.05) is 12.7 Å². The second kappa shape index (κ2) is 11.1. The van der Waals surface area contributed by atoms with Crippen LogP contribution in [0.25, 0.3) is 10.9 Å². The summed E-state index contributed by atoms with van der Waals surface area (Å²) in [6.07, 6.45) is 11.5. The summed E-state index contributed by atoms with van der Waals surface area (Å²) in [7, 11) is 0. The van der Waals surface area contributed by atoms with E-state index in [1.807, 2.05) is 42.5 Å². The minimum atomic E-state index is -0.190. The molecule has 178 valence electrons. The van der Waals surface area contributed by atoms with Crippen LogP contribution in [0, 0.1) is 5.92 Å². The van der Waals surface area contributed by atoms with Crippen LogP contribution in [0.5, 0.6) is 0 Å². The van der Waals surface area contributed by atoms with Gasteiger partial charge in [-0.2, -0.15) is 0 Å². The van der Waals surface area contributed by atoms with Gasteiger partial charge in [0.2, 0.25) is 0 Å². The van der Waals surface area contributed by atoms with Crippen LogP contribution in [0.3, 0.4) is 0 Å². The lowest BCUT2D eigenvalue weighted by Crippen LogP contribution is -2.25. The molecule has 1 aliphatic heterocycles. The summed E-state index contributed by atoms with van der Waals surface area (Å²) in [6.45, 7) is 3.73. The van der Waals surface area contributed by atoms with Crippen molar-refractivity contribution >= 4 is 10.9 Å². The molecule has 2 aromatic heterocycles. The molecule has 3 N–H and O–H groups in total. The highest BCUT2D eigenvalue weighted by atomic mass is 16.5. The van der Waals surface area contributed by atoms with E-state index >= 15 is 0 Å². The zero-order valence-corrected chi connectivity index (χ0v) is 19.6. The lowest BCUT2D eigenvalue weighted by Gasteiger charge is -2.11. The topological polar surface area (TPSA) is 91.9 Å². The van der Waals surface area contributed by atoms with Gasteiger partial charge < -0.3 is 20.4 Å². The van der Waals surface area contributed by atoms with Crippen molar-refractivity contribution in [3.05, 3.63) is 111 Å². The number of hydrogen-bond acceptors (Lipinski definition) is 6. The molecule has 0 saturated carbocycles. The molecule has 0 amide bonds. The van der Waals surface area contributed by atoms with Gasteiger partial charge in [0.15, 0.2) is 5.76 Å². The fraction of sp³-hybridized carbons (Fsp3) is 0.286. The van der Waals surface area contributed by atoms with Gasteiger partial charge in [-0.1, -0.05) is 48.2 Å². The van der Waals surface area contributed by atoms with Crippen molar-refractivity contribution in [3.8, 4) is 0 Å². The average Bonchev–Trinajstić information content (AvgIpc) is 3.30. The molecular weight excluding hydrogens is 438 g/mol. The summed E-state index contributed by atoms with van der Waals surface area (Å²) >= 11 is 0. The van der Waals surface area contributed by atoms with Crippen molar-refractivity contribution < 1.29 is 4.74 Å². The third-order valence-electron chi connectivity index (χ3n) is 6.22. The summed E-state index contributed by atoms with van der Waals surface area (Å²) in [4.78, 5) is 24.7. The molecule has 1 aliphatic carbocycles. The summed E-state index contributed by atoms with van der Waals surface area (Å²) < 4.78 is 5.92. The Kier molecular flexibility index (Phi) is 7.29. The Morgan fingerprint density at radius 1 is 1.17 bits per heavy atom. The molecule has 3 heterocycles. The third kappa shape index (κ3) is 6.03. The average molecular weight is 468 g/mol. The Morgan fingerprint density at radius 3 is 2.94 bits per heavy atom. The van der Waals surface area contributed by atoms with Crippen molar-refractivity contribution in [2.45, 2.75) is 26.0 Å². The predicted molar refractivity (Wildman–Crippen MR) is 137 cm³/mol. The molecule has 1 saturated heterocycles. The van der Waals surface area contributed by atoms with Crippen LogP contribution in [0.2, 0.25) is 0 Å². The number of allylic oxidation sites excluding steroid dienone is 4. The van der Waals surface area contributed by atoms with Gasteiger partial charge in [-0.25, -0.2) is 4.98 Å². The summed E-state index contributed by atoms with van der Waals surface area (Å²) in [5.41, 5.74) is 6.74.